The van der Waals surface area contributed by atoms with Crippen LogP contribution in [0.15, 0.2) is 0 Å². The summed E-state index contributed by atoms with van der Waals surface area (Å²) in [7, 11) is 1.69. The first-order chi connectivity index (χ1) is 7.18. The highest BCUT2D eigenvalue weighted by molar-refractivity contribution is 5.81. The van der Waals surface area contributed by atoms with E-state index in [1.807, 2.05) is 13.8 Å². The Morgan fingerprint density at radius 2 is 2.27 bits per heavy atom. The summed E-state index contributed by atoms with van der Waals surface area (Å²) in [6.45, 7) is 5.04. The lowest BCUT2D eigenvalue weighted by atomic mass is 9.97. The number of methoxy groups -OCH3 is 1. The molecule has 0 spiro atoms. The topological polar surface area (TPSA) is 47.6 Å². The number of carbonyl (C=O) groups excluding carboxylic acids is 1. The van der Waals surface area contributed by atoms with E-state index in [0.717, 1.165) is 25.8 Å². The molecule has 1 saturated carbocycles. The maximum Gasteiger partial charge on any atom is 0.326 e. The van der Waals surface area contributed by atoms with Gasteiger partial charge in [0.1, 0.15) is 5.54 Å². The van der Waals surface area contributed by atoms with Crippen molar-refractivity contribution in [3.8, 4) is 0 Å². The molecule has 1 rings (SSSR count). The smallest absolute Gasteiger partial charge is 0.326 e. The number of nitrogens with one attached hydrogen (secondary N) is 1. The van der Waals surface area contributed by atoms with Crippen molar-refractivity contribution in [3.05, 3.63) is 0 Å². The average Bonchev–Trinajstić information content (AvgIpc) is 2.64. The van der Waals surface area contributed by atoms with Gasteiger partial charge in [0.15, 0.2) is 0 Å². The van der Waals surface area contributed by atoms with Crippen molar-refractivity contribution in [2.24, 2.45) is 0 Å². The molecule has 1 N–H and O–H groups in total. The first kappa shape index (κ1) is 12.5. The molecule has 0 aromatic carbocycles. The molecule has 2 unspecified atom stereocenters. The molecule has 88 valence electrons. The second-order valence-corrected chi connectivity index (χ2v) is 3.93. The zero-order valence-corrected chi connectivity index (χ0v) is 9.84. The van der Waals surface area contributed by atoms with Gasteiger partial charge in [0, 0.05) is 13.5 Å². The summed E-state index contributed by atoms with van der Waals surface area (Å²) in [6, 6.07) is 0. The lowest BCUT2D eigenvalue weighted by molar-refractivity contribution is -0.151. The molecule has 0 bridgehead atoms. The fourth-order valence-corrected chi connectivity index (χ4v) is 2.23. The normalized spacial score (nSPS) is 30.5. The van der Waals surface area contributed by atoms with Crippen LogP contribution in [0, 0.1) is 0 Å². The van der Waals surface area contributed by atoms with Crippen molar-refractivity contribution in [2.45, 2.75) is 44.8 Å². The van der Waals surface area contributed by atoms with E-state index in [4.69, 9.17) is 9.47 Å². The van der Waals surface area contributed by atoms with Crippen LogP contribution in [-0.4, -0.2) is 37.9 Å². The summed E-state index contributed by atoms with van der Waals surface area (Å²) >= 11 is 0. The molecule has 2 atom stereocenters. The number of hydrogen-bond donors (Lipinski definition) is 1. The molecule has 0 aromatic heterocycles. The third kappa shape index (κ3) is 2.69. The highest BCUT2D eigenvalue weighted by atomic mass is 16.5. The second-order valence-electron chi connectivity index (χ2n) is 3.93. The van der Waals surface area contributed by atoms with Crippen LogP contribution >= 0.6 is 0 Å². The lowest BCUT2D eigenvalue weighted by Crippen LogP contribution is -2.51. The van der Waals surface area contributed by atoms with Gasteiger partial charge in [-0.1, -0.05) is 6.92 Å². The summed E-state index contributed by atoms with van der Waals surface area (Å²) in [5.74, 6) is -0.133. The van der Waals surface area contributed by atoms with E-state index >= 15 is 0 Å². The number of esters is 1. The predicted octanol–water partition coefficient (Wildman–Crippen LogP) is 1.10. The first-order valence-electron chi connectivity index (χ1n) is 5.63. The molecule has 0 radical (unpaired) electrons. The van der Waals surface area contributed by atoms with E-state index < -0.39 is 5.54 Å². The van der Waals surface area contributed by atoms with Gasteiger partial charge in [0.05, 0.1) is 12.7 Å². The molecule has 0 aromatic rings. The predicted molar refractivity (Wildman–Crippen MR) is 57.7 cm³/mol. The van der Waals surface area contributed by atoms with Gasteiger partial charge in [-0.2, -0.15) is 0 Å². The third-order valence-corrected chi connectivity index (χ3v) is 2.98. The zero-order valence-electron chi connectivity index (χ0n) is 9.84. The Kier molecular flexibility index (Phi) is 4.54. The molecule has 0 aliphatic heterocycles. The van der Waals surface area contributed by atoms with Crippen LogP contribution in [0.4, 0.5) is 0 Å². The van der Waals surface area contributed by atoms with Gasteiger partial charge in [0.2, 0.25) is 0 Å². The van der Waals surface area contributed by atoms with E-state index in [1.165, 1.54) is 0 Å². The van der Waals surface area contributed by atoms with E-state index in [1.54, 1.807) is 7.11 Å². The Balaban J connectivity index is 2.67. The van der Waals surface area contributed by atoms with Gasteiger partial charge in [-0.3, -0.25) is 4.79 Å². The molecule has 1 aliphatic rings. The molecule has 1 fully saturated rings. The van der Waals surface area contributed by atoms with Crippen LogP contribution in [0.3, 0.4) is 0 Å². The first-order valence-corrected chi connectivity index (χ1v) is 5.63. The SMILES string of the molecule is CCNC1(C(=O)OCC)CCC(OC)C1. The van der Waals surface area contributed by atoms with Crippen molar-refractivity contribution >= 4 is 5.97 Å². The standard InChI is InChI=1S/C11H21NO3/c1-4-12-11(10(13)15-5-2)7-6-9(8-11)14-3/h9,12H,4-8H2,1-3H3. The number of carbonyl (C=O) groups is 1. The number of hydrogen-bond acceptors (Lipinski definition) is 4. The minimum Gasteiger partial charge on any atom is -0.465 e. The molecule has 0 heterocycles. The van der Waals surface area contributed by atoms with Crippen molar-refractivity contribution in [1.82, 2.24) is 5.32 Å². The number of likely N-dealkylation sites (N-methyl/N-ethyl adjacent to an activating group) is 1. The summed E-state index contributed by atoms with van der Waals surface area (Å²) in [5.41, 5.74) is -0.508. The maximum atomic E-state index is 11.9. The summed E-state index contributed by atoms with van der Waals surface area (Å²) in [4.78, 5) is 11.9. The molecule has 0 saturated heterocycles. The molecule has 4 heteroatoms. The fourth-order valence-electron chi connectivity index (χ4n) is 2.23. The quantitative estimate of drug-likeness (QED) is 0.698. The van der Waals surface area contributed by atoms with Crippen molar-refractivity contribution in [1.29, 1.82) is 0 Å². The van der Waals surface area contributed by atoms with Crippen LogP contribution in [0.1, 0.15) is 33.1 Å². The molecular formula is C11H21NO3. The van der Waals surface area contributed by atoms with E-state index in [0.29, 0.717) is 6.61 Å². The molecule has 15 heavy (non-hydrogen) atoms. The Morgan fingerprint density at radius 3 is 2.73 bits per heavy atom. The molecular weight excluding hydrogens is 194 g/mol. The van der Waals surface area contributed by atoms with Crippen LogP contribution in [-0.2, 0) is 14.3 Å². The van der Waals surface area contributed by atoms with Crippen LogP contribution < -0.4 is 5.32 Å². The third-order valence-electron chi connectivity index (χ3n) is 2.98. The highest BCUT2D eigenvalue weighted by Crippen LogP contribution is 2.32. The van der Waals surface area contributed by atoms with Crippen molar-refractivity contribution < 1.29 is 14.3 Å². The van der Waals surface area contributed by atoms with Crippen molar-refractivity contribution in [2.75, 3.05) is 20.3 Å². The maximum absolute atomic E-state index is 11.9. The van der Waals surface area contributed by atoms with Crippen LogP contribution in [0.5, 0.6) is 0 Å². The van der Waals surface area contributed by atoms with Gasteiger partial charge < -0.3 is 14.8 Å². The summed E-state index contributed by atoms with van der Waals surface area (Å²) in [5, 5.41) is 3.25. The number of rotatable bonds is 5. The number of ether oxygens (including phenoxy) is 2. The minimum atomic E-state index is -0.508. The van der Waals surface area contributed by atoms with E-state index in [-0.39, 0.29) is 12.1 Å². The van der Waals surface area contributed by atoms with Gasteiger partial charge in [0.25, 0.3) is 0 Å². The van der Waals surface area contributed by atoms with Gasteiger partial charge in [-0.15, -0.1) is 0 Å². The zero-order chi connectivity index (χ0) is 11.3. The summed E-state index contributed by atoms with van der Waals surface area (Å²) in [6.07, 6.45) is 2.62. The summed E-state index contributed by atoms with van der Waals surface area (Å²) < 4.78 is 10.4. The Bertz CT molecular complexity index is 220. The largest absolute Gasteiger partial charge is 0.465 e. The van der Waals surface area contributed by atoms with E-state index in [9.17, 15) is 4.79 Å². The molecule has 4 nitrogen and oxygen atoms in total. The Labute approximate surface area is 91.3 Å². The second kappa shape index (κ2) is 5.47. The monoisotopic (exact) mass is 215 g/mol. The van der Waals surface area contributed by atoms with Gasteiger partial charge >= 0.3 is 5.97 Å². The lowest BCUT2D eigenvalue weighted by Gasteiger charge is -2.27. The van der Waals surface area contributed by atoms with E-state index in [2.05, 4.69) is 5.32 Å². The Hall–Kier alpha value is -0.610. The van der Waals surface area contributed by atoms with Crippen molar-refractivity contribution in [3.63, 3.8) is 0 Å². The molecule has 0 amide bonds. The highest BCUT2D eigenvalue weighted by Gasteiger charge is 2.46. The average molecular weight is 215 g/mol. The van der Waals surface area contributed by atoms with Crippen LogP contribution in [0.25, 0.3) is 0 Å². The fraction of sp³-hybridized carbons (Fsp3) is 0.909. The van der Waals surface area contributed by atoms with Gasteiger partial charge in [-0.25, -0.2) is 0 Å². The molecule has 1 aliphatic carbocycles. The van der Waals surface area contributed by atoms with Crippen LogP contribution in [0.2, 0.25) is 0 Å². The van der Waals surface area contributed by atoms with Gasteiger partial charge in [-0.05, 0) is 26.3 Å². The minimum absolute atomic E-state index is 0.133. The Morgan fingerprint density at radius 1 is 1.53 bits per heavy atom.